The molecule has 0 aliphatic heterocycles. The predicted molar refractivity (Wildman–Crippen MR) is 73.8 cm³/mol. The number of aliphatic hydroxyl groups excluding tert-OH is 1. The maximum atomic E-state index is 11.1. The van der Waals surface area contributed by atoms with Crippen LogP contribution in [0.15, 0.2) is 48.6 Å². The lowest BCUT2D eigenvalue weighted by atomic mass is 10.1. The first-order valence-corrected chi connectivity index (χ1v) is 5.99. The summed E-state index contributed by atoms with van der Waals surface area (Å²) in [4.78, 5) is 22.0. The van der Waals surface area contributed by atoms with E-state index in [0.29, 0.717) is 0 Å². The Morgan fingerprint density at radius 3 is 2.50 bits per heavy atom. The van der Waals surface area contributed by atoms with Gasteiger partial charge in [-0.2, -0.15) is 0 Å². The number of ether oxygens (including phenoxy) is 1. The van der Waals surface area contributed by atoms with E-state index < -0.39 is 18.0 Å². The SMILES string of the molecule is C=CC(=O)OCC(O)CC(=Cc1ccccc1)C(=O)O. The van der Waals surface area contributed by atoms with E-state index >= 15 is 0 Å². The zero-order valence-electron chi connectivity index (χ0n) is 10.9. The fourth-order valence-electron chi connectivity index (χ4n) is 1.51. The average molecular weight is 276 g/mol. The van der Waals surface area contributed by atoms with Gasteiger partial charge in [0.25, 0.3) is 0 Å². The zero-order chi connectivity index (χ0) is 15.0. The second-order valence-corrected chi connectivity index (χ2v) is 4.08. The highest BCUT2D eigenvalue weighted by Gasteiger charge is 2.15. The van der Waals surface area contributed by atoms with E-state index in [2.05, 4.69) is 11.3 Å². The summed E-state index contributed by atoms with van der Waals surface area (Å²) < 4.78 is 4.66. The Kier molecular flexibility index (Phi) is 6.19. The molecule has 1 unspecified atom stereocenters. The maximum absolute atomic E-state index is 11.1. The third kappa shape index (κ3) is 5.49. The van der Waals surface area contributed by atoms with Crippen LogP contribution >= 0.6 is 0 Å². The molecule has 1 aromatic rings. The third-order valence-electron chi connectivity index (χ3n) is 2.46. The van der Waals surface area contributed by atoms with E-state index in [-0.39, 0.29) is 18.6 Å². The van der Waals surface area contributed by atoms with Crippen LogP contribution in [-0.2, 0) is 14.3 Å². The summed E-state index contributed by atoms with van der Waals surface area (Å²) in [5.74, 6) is -1.78. The molecule has 0 saturated carbocycles. The van der Waals surface area contributed by atoms with Crippen molar-refractivity contribution in [2.24, 2.45) is 0 Å². The van der Waals surface area contributed by atoms with Gasteiger partial charge in [0.15, 0.2) is 0 Å². The van der Waals surface area contributed by atoms with Crippen LogP contribution in [0.5, 0.6) is 0 Å². The molecule has 0 amide bonds. The smallest absolute Gasteiger partial charge is 0.331 e. The lowest BCUT2D eigenvalue weighted by Gasteiger charge is -2.11. The van der Waals surface area contributed by atoms with Crippen LogP contribution < -0.4 is 0 Å². The molecule has 5 heteroatoms. The van der Waals surface area contributed by atoms with Gasteiger partial charge in [0, 0.05) is 18.1 Å². The number of esters is 1. The second-order valence-electron chi connectivity index (χ2n) is 4.08. The number of carboxylic acids is 1. The van der Waals surface area contributed by atoms with Crippen molar-refractivity contribution >= 4 is 18.0 Å². The van der Waals surface area contributed by atoms with Gasteiger partial charge in [-0.3, -0.25) is 0 Å². The van der Waals surface area contributed by atoms with Crippen LogP contribution in [0.3, 0.4) is 0 Å². The number of aliphatic carboxylic acids is 1. The minimum Gasteiger partial charge on any atom is -0.478 e. The largest absolute Gasteiger partial charge is 0.478 e. The molecule has 1 atom stereocenters. The summed E-state index contributed by atoms with van der Waals surface area (Å²) in [5.41, 5.74) is 0.763. The van der Waals surface area contributed by atoms with Crippen LogP contribution in [0.4, 0.5) is 0 Å². The van der Waals surface area contributed by atoms with Gasteiger partial charge >= 0.3 is 11.9 Å². The van der Waals surface area contributed by atoms with Crippen molar-refractivity contribution in [3.05, 3.63) is 54.1 Å². The Morgan fingerprint density at radius 2 is 1.95 bits per heavy atom. The summed E-state index contributed by atoms with van der Waals surface area (Å²) in [6.45, 7) is 2.95. The zero-order valence-corrected chi connectivity index (χ0v) is 10.9. The van der Waals surface area contributed by atoms with E-state index in [4.69, 9.17) is 5.11 Å². The monoisotopic (exact) mass is 276 g/mol. The van der Waals surface area contributed by atoms with Crippen LogP contribution in [0.1, 0.15) is 12.0 Å². The highest BCUT2D eigenvalue weighted by molar-refractivity contribution is 5.92. The van der Waals surface area contributed by atoms with Crippen LogP contribution in [0, 0.1) is 0 Å². The van der Waals surface area contributed by atoms with Crippen molar-refractivity contribution in [3.63, 3.8) is 0 Å². The lowest BCUT2D eigenvalue weighted by Crippen LogP contribution is -2.20. The minimum absolute atomic E-state index is 0.0401. The van der Waals surface area contributed by atoms with E-state index in [0.717, 1.165) is 11.6 Å². The van der Waals surface area contributed by atoms with Crippen LogP contribution in [0.25, 0.3) is 6.08 Å². The first kappa shape index (κ1) is 15.7. The van der Waals surface area contributed by atoms with Crippen molar-refractivity contribution in [2.45, 2.75) is 12.5 Å². The normalized spacial score (nSPS) is 12.6. The van der Waals surface area contributed by atoms with Gasteiger partial charge in [0.05, 0.1) is 6.10 Å². The van der Waals surface area contributed by atoms with Crippen molar-refractivity contribution in [1.82, 2.24) is 0 Å². The van der Waals surface area contributed by atoms with Crippen molar-refractivity contribution in [1.29, 1.82) is 0 Å². The quantitative estimate of drug-likeness (QED) is 0.584. The molecule has 0 aliphatic rings. The van der Waals surface area contributed by atoms with Gasteiger partial charge in [-0.25, -0.2) is 9.59 Å². The summed E-state index contributed by atoms with van der Waals surface area (Å²) in [5, 5.41) is 18.8. The predicted octanol–water partition coefficient (Wildman–Crippen LogP) is 1.63. The Labute approximate surface area is 116 Å². The van der Waals surface area contributed by atoms with E-state index in [1.54, 1.807) is 24.3 Å². The molecule has 5 nitrogen and oxygen atoms in total. The molecule has 1 aromatic carbocycles. The third-order valence-corrected chi connectivity index (χ3v) is 2.46. The first-order valence-electron chi connectivity index (χ1n) is 5.99. The number of aliphatic hydroxyl groups is 1. The number of hydrogen-bond donors (Lipinski definition) is 2. The molecule has 0 bridgehead atoms. The van der Waals surface area contributed by atoms with Gasteiger partial charge in [0.2, 0.25) is 0 Å². The number of carbonyl (C=O) groups excluding carboxylic acids is 1. The Hall–Kier alpha value is -2.40. The summed E-state index contributed by atoms with van der Waals surface area (Å²) in [6.07, 6.45) is 1.25. The van der Waals surface area contributed by atoms with Crippen molar-refractivity contribution < 1.29 is 24.5 Å². The molecular weight excluding hydrogens is 260 g/mol. The first-order chi connectivity index (χ1) is 9.52. The molecule has 106 valence electrons. The van der Waals surface area contributed by atoms with Gasteiger partial charge in [-0.05, 0) is 11.6 Å². The topological polar surface area (TPSA) is 83.8 Å². The molecule has 20 heavy (non-hydrogen) atoms. The highest BCUT2D eigenvalue weighted by atomic mass is 16.5. The van der Waals surface area contributed by atoms with E-state index in [1.165, 1.54) is 6.08 Å². The summed E-state index contributed by atoms with van der Waals surface area (Å²) in [6, 6.07) is 8.91. The molecule has 0 fully saturated rings. The standard InChI is InChI=1S/C15H16O5/c1-2-14(17)20-10-13(16)9-12(15(18)19)8-11-6-4-3-5-7-11/h2-8,13,16H,1,9-10H2,(H,18,19). The Morgan fingerprint density at radius 1 is 1.30 bits per heavy atom. The van der Waals surface area contributed by atoms with Crippen molar-refractivity contribution in [2.75, 3.05) is 6.61 Å². The minimum atomic E-state index is -1.12. The summed E-state index contributed by atoms with van der Waals surface area (Å²) in [7, 11) is 0. The number of hydrogen-bond acceptors (Lipinski definition) is 4. The van der Waals surface area contributed by atoms with Gasteiger partial charge in [-0.15, -0.1) is 0 Å². The number of carbonyl (C=O) groups is 2. The van der Waals surface area contributed by atoms with E-state index in [9.17, 15) is 14.7 Å². The number of benzene rings is 1. The molecule has 0 spiro atoms. The molecule has 0 aliphatic carbocycles. The highest BCUT2D eigenvalue weighted by Crippen LogP contribution is 2.12. The fourth-order valence-corrected chi connectivity index (χ4v) is 1.51. The maximum Gasteiger partial charge on any atom is 0.331 e. The molecule has 2 N–H and O–H groups in total. The van der Waals surface area contributed by atoms with Gasteiger partial charge < -0.3 is 14.9 Å². The average Bonchev–Trinajstić information content (AvgIpc) is 2.45. The molecule has 0 aromatic heterocycles. The van der Waals surface area contributed by atoms with Crippen LogP contribution in [-0.4, -0.2) is 34.9 Å². The Balaban J connectivity index is 2.68. The van der Waals surface area contributed by atoms with E-state index in [1.807, 2.05) is 6.07 Å². The van der Waals surface area contributed by atoms with Crippen molar-refractivity contribution in [3.8, 4) is 0 Å². The van der Waals surface area contributed by atoms with Gasteiger partial charge in [-0.1, -0.05) is 36.9 Å². The Bertz CT molecular complexity index is 504. The summed E-state index contributed by atoms with van der Waals surface area (Å²) >= 11 is 0. The molecule has 1 rings (SSSR count). The fraction of sp³-hybridized carbons (Fsp3) is 0.200. The second kappa shape index (κ2) is 7.91. The molecule has 0 radical (unpaired) electrons. The molecular formula is C15H16O5. The molecule has 0 heterocycles. The van der Waals surface area contributed by atoms with Gasteiger partial charge in [0.1, 0.15) is 6.61 Å². The number of rotatable bonds is 7. The lowest BCUT2D eigenvalue weighted by molar-refractivity contribution is -0.140. The van der Waals surface area contributed by atoms with Crippen LogP contribution in [0.2, 0.25) is 0 Å². The number of carboxylic acid groups (broad SMARTS) is 1. The molecule has 0 saturated heterocycles.